The molecule has 3 rings (SSSR count). The zero-order valence-corrected chi connectivity index (χ0v) is 14.1. The van der Waals surface area contributed by atoms with Gasteiger partial charge in [0.1, 0.15) is 13.2 Å². The van der Waals surface area contributed by atoms with Gasteiger partial charge in [-0.25, -0.2) is 4.79 Å². The first-order valence-electron chi connectivity index (χ1n) is 7.93. The third kappa shape index (κ3) is 3.57. The number of hydrogen-bond acceptors (Lipinski definition) is 5. The van der Waals surface area contributed by atoms with Crippen LogP contribution in [-0.4, -0.2) is 23.6 Å². The summed E-state index contributed by atoms with van der Waals surface area (Å²) < 4.78 is 11.7. The molecule has 0 fully saturated rings. The van der Waals surface area contributed by atoms with Crippen molar-refractivity contribution in [2.75, 3.05) is 7.11 Å². The van der Waals surface area contributed by atoms with E-state index in [9.17, 15) is 9.59 Å². The van der Waals surface area contributed by atoms with E-state index in [4.69, 9.17) is 14.7 Å². The van der Waals surface area contributed by atoms with Gasteiger partial charge in [-0.15, -0.1) is 0 Å². The second-order valence-electron chi connectivity index (χ2n) is 5.65. The second-order valence-corrected chi connectivity index (χ2v) is 5.65. The number of carbonyl (C=O) groups is 2. The number of nitriles is 1. The van der Waals surface area contributed by atoms with Crippen molar-refractivity contribution in [3.63, 3.8) is 0 Å². The lowest BCUT2D eigenvalue weighted by Crippen LogP contribution is -2.13. The smallest absolute Gasteiger partial charge is 0.340 e. The molecule has 0 radical (unpaired) electrons. The van der Waals surface area contributed by atoms with E-state index in [1.54, 1.807) is 41.1 Å². The Morgan fingerprint density at radius 3 is 2.73 bits per heavy atom. The van der Waals surface area contributed by atoms with E-state index in [1.807, 2.05) is 24.3 Å². The molecular formula is C20H16N2O4. The molecular weight excluding hydrogens is 332 g/mol. The van der Waals surface area contributed by atoms with Gasteiger partial charge in [-0.1, -0.05) is 30.3 Å². The molecule has 3 aromatic rings. The van der Waals surface area contributed by atoms with Gasteiger partial charge in [0.25, 0.3) is 0 Å². The molecule has 2 aromatic carbocycles. The van der Waals surface area contributed by atoms with Crippen molar-refractivity contribution in [3.8, 4) is 6.07 Å². The molecule has 0 aliphatic rings. The normalized spacial score (nSPS) is 10.3. The predicted octanol–water partition coefficient (Wildman–Crippen LogP) is 3.04. The zero-order chi connectivity index (χ0) is 18.5. The molecule has 0 saturated carbocycles. The third-order valence-corrected chi connectivity index (χ3v) is 3.95. The van der Waals surface area contributed by atoms with Gasteiger partial charge < -0.3 is 14.0 Å². The maximum atomic E-state index is 12.2. The first-order chi connectivity index (χ1) is 12.6. The number of hydrogen-bond donors (Lipinski definition) is 0. The summed E-state index contributed by atoms with van der Waals surface area (Å²) in [4.78, 5) is 24.1. The molecule has 6 nitrogen and oxygen atoms in total. The molecule has 0 unspecified atom stereocenters. The third-order valence-electron chi connectivity index (χ3n) is 3.95. The lowest BCUT2D eigenvalue weighted by atomic mass is 10.1. The van der Waals surface area contributed by atoms with Crippen LogP contribution in [0.15, 0.2) is 54.7 Å². The van der Waals surface area contributed by atoms with Gasteiger partial charge in [0.05, 0.1) is 24.3 Å². The summed E-state index contributed by atoms with van der Waals surface area (Å²) in [6, 6.07) is 16.2. The van der Waals surface area contributed by atoms with Crippen LogP contribution in [0.25, 0.3) is 10.9 Å². The highest BCUT2D eigenvalue weighted by molar-refractivity contribution is 6.04. The van der Waals surface area contributed by atoms with Crippen LogP contribution in [0.2, 0.25) is 0 Å². The van der Waals surface area contributed by atoms with Crippen LogP contribution in [0, 0.1) is 11.3 Å². The molecule has 0 amide bonds. The quantitative estimate of drug-likeness (QED) is 0.662. The standard InChI is InChI=1S/C20H16N2O4/c1-25-20(24)17-11-22(18-8-3-2-7-16(17)18)12-19(23)26-13-15-6-4-5-14(9-15)10-21/h2-9,11H,12-13H2,1H3. The summed E-state index contributed by atoms with van der Waals surface area (Å²) in [6.07, 6.45) is 1.59. The Bertz CT molecular complexity index is 1010. The molecule has 0 bridgehead atoms. The molecule has 26 heavy (non-hydrogen) atoms. The molecule has 0 saturated heterocycles. The molecule has 130 valence electrons. The van der Waals surface area contributed by atoms with Crippen molar-refractivity contribution < 1.29 is 19.1 Å². The first kappa shape index (κ1) is 17.2. The van der Waals surface area contributed by atoms with E-state index in [0.29, 0.717) is 16.5 Å². The second kappa shape index (κ2) is 7.53. The fraction of sp³-hybridized carbons (Fsp3) is 0.150. The van der Waals surface area contributed by atoms with Crippen LogP contribution in [0.3, 0.4) is 0 Å². The van der Waals surface area contributed by atoms with Gasteiger partial charge in [0, 0.05) is 17.1 Å². The lowest BCUT2D eigenvalue weighted by Gasteiger charge is -2.07. The van der Waals surface area contributed by atoms with E-state index in [0.717, 1.165) is 11.1 Å². The highest BCUT2D eigenvalue weighted by Gasteiger charge is 2.17. The highest BCUT2D eigenvalue weighted by Crippen LogP contribution is 2.22. The summed E-state index contributed by atoms with van der Waals surface area (Å²) in [7, 11) is 1.32. The largest absolute Gasteiger partial charge is 0.465 e. The zero-order valence-electron chi connectivity index (χ0n) is 14.1. The van der Waals surface area contributed by atoms with Crippen LogP contribution in [0.5, 0.6) is 0 Å². The fourth-order valence-corrected chi connectivity index (χ4v) is 2.73. The monoisotopic (exact) mass is 348 g/mol. The van der Waals surface area contributed by atoms with E-state index in [1.165, 1.54) is 7.11 Å². The molecule has 0 spiro atoms. The van der Waals surface area contributed by atoms with Gasteiger partial charge in [-0.3, -0.25) is 4.79 Å². The summed E-state index contributed by atoms with van der Waals surface area (Å²) in [5.41, 5.74) is 2.40. The van der Waals surface area contributed by atoms with Crippen LogP contribution in [-0.2, 0) is 27.4 Å². The minimum atomic E-state index is -0.457. The van der Waals surface area contributed by atoms with Crippen LogP contribution in [0.4, 0.5) is 0 Å². The Morgan fingerprint density at radius 2 is 1.96 bits per heavy atom. The molecule has 0 aliphatic carbocycles. The number of benzene rings is 2. The van der Waals surface area contributed by atoms with Crippen molar-refractivity contribution in [1.29, 1.82) is 5.26 Å². The van der Waals surface area contributed by atoms with E-state index in [2.05, 4.69) is 0 Å². The summed E-state index contributed by atoms with van der Waals surface area (Å²) in [5.74, 6) is -0.897. The minimum absolute atomic E-state index is 0.0323. The molecule has 0 N–H and O–H groups in total. The van der Waals surface area contributed by atoms with Gasteiger partial charge in [-0.2, -0.15) is 5.26 Å². The van der Waals surface area contributed by atoms with Crippen molar-refractivity contribution >= 4 is 22.8 Å². The number of carbonyl (C=O) groups excluding carboxylic acids is 2. The fourth-order valence-electron chi connectivity index (χ4n) is 2.73. The lowest BCUT2D eigenvalue weighted by molar-refractivity contribution is -0.145. The number of aromatic nitrogens is 1. The van der Waals surface area contributed by atoms with Crippen molar-refractivity contribution in [1.82, 2.24) is 4.57 Å². The van der Waals surface area contributed by atoms with Gasteiger partial charge in [0.15, 0.2) is 0 Å². The number of esters is 2. The van der Waals surface area contributed by atoms with Gasteiger partial charge in [0.2, 0.25) is 0 Å². The van der Waals surface area contributed by atoms with E-state index < -0.39 is 11.9 Å². The van der Waals surface area contributed by atoms with E-state index in [-0.39, 0.29) is 13.2 Å². The average molecular weight is 348 g/mol. The number of para-hydroxylation sites is 1. The topological polar surface area (TPSA) is 81.3 Å². The Kier molecular flexibility index (Phi) is 4.99. The van der Waals surface area contributed by atoms with E-state index >= 15 is 0 Å². The SMILES string of the molecule is COC(=O)c1cn(CC(=O)OCc2cccc(C#N)c2)c2ccccc12. The Hall–Kier alpha value is -3.59. The molecule has 0 aliphatic heterocycles. The Balaban J connectivity index is 1.75. The first-order valence-corrected chi connectivity index (χ1v) is 7.93. The molecule has 0 atom stereocenters. The number of rotatable bonds is 5. The van der Waals surface area contributed by atoms with Crippen LogP contribution < -0.4 is 0 Å². The molecule has 6 heteroatoms. The average Bonchev–Trinajstić information content (AvgIpc) is 3.04. The van der Waals surface area contributed by atoms with Gasteiger partial charge in [-0.05, 0) is 23.8 Å². The highest BCUT2D eigenvalue weighted by atomic mass is 16.5. The maximum Gasteiger partial charge on any atom is 0.340 e. The molecule has 1 aromatic heterocycles. The van der Waals surface area contributed by atoms with Crippen molar-refractivity contribution in [3.05, 3.63) is 71.4 Å². The minimum Gasteiger partial charge on any atom is -0.465 e. The number of fused-ring (bicyclic) bond motifs is 1. The van der Waals surface area contributed by atoms with Crippen molar-refractivity contribution in [2.45, 2.75) is 13.2 Å². The Morgan fingerprint density at radius 1 is 1.15 bits per heavy atom. The number of methoxy groups -OCH3 is 1. The maximum absolute atomic E-state index is 12.2. The predicted molar refractivity (Wildman–Crippen MR) is 94.2 cm³/mol. The Labute approximate surface area is 150 Å². The summed E-state index contributed by atoms with van der Waals surface area (Å²) in [5, 5.41) is 9.62. The number of nitrogens with zero attached hydrogens (tertiary/aromatic N) is 2. The van der Waals surface area contributed by atoms with Crippen LogP contribution in [0.1, 0.15) is 21.5 Å². The summed E-state index contributed by atoms with van der Waals surface area (Å²) in [6.45, 7) is 0.0485. The van der Waals surface area contributed by atoms with Crippen molar-refractivity contribution in [2.24, 2.45) is 0 Å². The van der Waals surface area contributed by atoms with Gasteiger partial charge >= 0.3 is 11.9 Å². The molecule has 1 heterocycles. The van der Waals surface area contributed by atoms with Crippen LogP contribution >= 0.6 is 0 Å². The summed E-state index contributed by atoms with van der Waals surface area (Å²) >= 11 is 0. The number of ether oxygens (including phenoxy) is 2.